The van der Waals surface area contributed by atoms with Gasteiger partial charge in [0.2, 0.25) is 0 Å². The molecule has 0 saturated carbocycles. The number of carbonyl (C=O) groups is 1. The molecular formula is C22H20N2O2S2. The maximum Gasteiger partial charge on any atom is 0.254 e. The van der Waals surface area contributed by atoms with E-state index in [1.807, 2.05) is 29.2 Å². The number of hydrogen-bond donors (Lipinski definition) is 0. The van der Waals surface area contributed by atoms with E-state index < -0.39 is 10.8 Å². The Bertz CT molecular complexity index is 1110. The van der Waals surface area contributed by atoms with Gasteiger partial charge in [0.05, 0.1) is 16.8 Å². The van der Waals surface area contributed by atoms with E-state index in [1.165, 1.54) is 10.5 Å². The summed E-state index contributed by atoms with van der Waals surface area (Å²) in [5.74, 6) is 1.20. The van der Waals surface area contributed by atoms with Gasteiger partial charge >= 0.3 is 0 Å². The van der Waals surface area contributed by atoms with Crippen LogP contribution in [0.25, 0.3) is 22.6 Å². The zero-order valence-corrected chi connectivity index (χ0v) is 17.0. The third-order valence-electron chi connectivity index (χ3n) is 5.48. The number of para-hydroxylation sites is 1. The lowest BCUT2D eigenvalue weighted by Crippen LogP contribution is -2.42. The van der Waals surface area contributed by atoms with Crippen molar-refractivity contribution in [2.24, 2.45) is 0 Å². The summed E-state index contributed by atoms with van der Waals surface area (Å²) in [6.07, 6.45) is 3.95. The van der Waals surface area contributed by atoms with Crippen LogP contribution in [-0.4, -0.2) is 44.6 Å². The van der Waals surface area contributed by atoms with Crippen LogP contribution in [0.2, 0.25) is 0 Å². The van der Waals surface area contributed by atoms with Gasteiger partial charge in [-0.15, -0.1) is 11.3 Å². The maximum absolute atomic E-state index is 13.5. The minimum Gasteiger partial charge on any atom is -0.337 e. The van der Waals surface area contributed by atoms with Gasteiger partial charge in [0.1, 0.15) is 0 Å². The first-order chi connectivity index (χ1) is 13.7. The molecule has 2 aliphatic rings. The van der Waals surface area contributed by atoms with Crippen LogP contribution < -0.4 is 0 Å². The van der Waals surface area contributed by atoms with Crippen LogP contribution in [0.5, 0.6) is 0 Å². The number of rotatable bonds is 2. The SMILES string of the molecule is O=C(c1c2c(nc3ccccc13)/C(=C\c1cccs1)CC2)N1CCS(=O)CC1. The van der Waals surface area contributed by atoms with E-state index in [-0.39, 0.29) is 5.91 Å². The molecule has 0 N–H and O–H groups in total. The molecule has 1 fully saturated rings. The van der Waals surface area contributed by atoms with Crippen LogP contribution in [0.4, 0.5) is 0 Å². The Labute approximate surface area is 170 Å². The fourth-order valence-electron chi connectivity index (χ4n) is 4.07. The maximum atomic E-state index is 13.5. The predicted molar refractivity (Wildman–Crippen MR) is 116 cm³/mol. The van der Waals surface area contributed by atoms with E-state index >= 15 is 0 Å². The summed E-state index contributed by atoms with van der Waals surface area (Å²) in [6.45, 7) is 1.13. The van der Waals surface area contributed by atoms with Crippen molar-refractivity contribution in [2.75, 3.05) is 24.6 Å². The molecule has 0 bridgehead atoms. The van der Waals surface area contributed by atoms with E-state index in [9.17, 15) is 9.00 Å². The zero-order chi connectivity index (χ0) is 19.1. The minimum absolute atomic E-state index is 0.0592. The first-order valence-corrected chi connectivity index (χ1v) is 11.9. The Kier molecular flexibility index (Phi) is 4.61. The highest BCUT2D eigenvalue weighted by atomic mass is 32.2. The molecule has 2 aromatic heterocycles. The van der Waals surface area contributed by atoms with E-state index in [2.05, 4.69) is 23.6 Å². The lowest BCUT2D eigenvalue weighted by Gasteiger charge is -2.27. The van der Waals surface area contributed by atoms with Crippen molar-refractivity contribution in [2.45, 2.75) is 12.8 Å². The molecular weight excluding hydrogens is 388 g/mol. The number of fused-ring (bicyclic) bond motifs is 2. The molecule has 142 valence electrons. The Morgan fingerprint density at radius 2 is 1.93 bits per heavy atom. The summed E-state index contributed by atoms with van der Waals surface area (Å²) in [4.78, 5) is 21.5. The number of aromatic nitrogens is 1. The van der Waals surface area contributed by atoms with Gasteiger partial charge in [-0.1, -0.05) is 24.3 Å². The zero-order valence-electron chi connectivity index (χ0n) is 15.4. The number of hydrogen-bond acceptors (Lipinski definition) is 4. The molecule has 0 spiro atoms. The largest absolute Gasteiger partial charge is 0.337 e. The fourth-order valence-corrected chi connectivity index (χ4v) is 5.80. The van der Waals surface area contributed by atoms with Crippen LogP contribution in [-0.2, 0) is 17.2 Å². The van der Waals surface area contributed by atoms with Gasteiger partial charge in [0, 0.05) is 45.7 Å². The third-order valence-corrected chi connectivity index (χ3v) is 7.58. The van der Waals surface area contributed by atoms with Gasteiger partial charge in [0.25, 0.3) is 5.91 Å². The van der Waals surface area contributed by atoms with E-state index in [1.54, 1.807) is 11.3 Å². The lowest BCUT2D eigenvalue weighted by molar-refractivity contribution is 0.0772. The highest BCUT2D eigenvalue weighted by molar-refractivity contribution is 7.85. The number of carbonyl (C=O) groups excluding carboxylic acids is 1. The first-order valence-electron chi connectivity index (χ1n) is 9.51. The topological polar surface area (TPSA) is 50.3 Å². The van der Waals surface area contributed by atoms with E-state index in [0.717, 1.165) is 40.6 Å². The molecule has 5 rings (SSSR count). The summed E-state index contributed by atoms with van der Waals surface area (Å²) in [7, 11) is -0.799. The molecule has 1 amide bonds. The van der Waals surface area contributed by atoms with Gasteiger partial charge in [-0.05, 0) is 47.6 Å². The number of thiophene rings is 1. The van der Waals surface area contributed by atoms with Crippen molar-refractivity contribution < 1.29 is 9.00 Å². The lowest BCUT2D eigenvalue weighted by atomic mass is 9.99. The fraction of sp³-hybridized carbons (Fsp3) is 0.273. The molecule has 0 radical (unpaired) electrons. The van der Waals surface area contributed by atoms with Gasteiger partial charge in [-0.3, -0.25) is 9.00 Å². The van der Waals surface area contributed by atoms with Crippen molar-refractivity contribution >= 4 is 50.6 Å². The van der Waals surface area contributed by atoms with Crippen LogP contribution in [0, 0.1) is 0 Å². The van der Waals surface area contributed by atoms with Gasteiger partial charge in [0.15, 0.2) is 0 Å². The second kappa shape index (κ2) is 7.26. The normalized spacial score (nSPS) is 18.7. The number of benzene rings is 1. The monoisotopic (exact) mass is 408 g/mol. The Balaban J connectivity index is 1.65. The molecule has 28 heavy (non-hydrogen) atoms. The van der Waals surface area contributed by atoms with Crippen molar-refractivity contribution in [3.05, 3.63) is 63.5 Å². The van der Waals surface area contributed by atoms with Crippen LogP contribution in [0.15, 0.2) is 41.8 Å². The summed E-state index contributed by atoms with van der Waals surface area (Å²) >= 11 is 1.71. The summed E-state index contributed by atoms with van der Waals surface area (Å²) < 4.78 is 11.7. The van der Waals surface area contributed by atoms with E-state index in [4.69, 9.17) is 4.98 Å². The molecule has 1 aliphatic heterocycles. The van der Waals surface area contributed by atoms with Gasteiger partial charge in [-0.25, -0.2) is 4.98 Å². The van der Waals surface area contributed by atoms with E-state index in [0.29, 0.717) is 24.6 Å². The molecule has 1 aromatic carbocycles. The first kappa shape index (κ1) is 17.8. The molecule has 4 nitrogen and oxygen atoms in total. The van der Waals surface area contributed by atoms with Crippen molar-refractivity contribution in [3.8, 4) is 0 Å². The minimum atomic E-state index is -0.799. The van der Waals surface area contributed by atoms with Gasteiger partial charge < -0.3 is 4.90 Å². The molecule has 0 unspecified atom stereocenters. The number of nitrogens with zero attached hydrogens (tertiary/aromatic N) is 2. The molecule has 6 heteroatoms. The number of pyridine rings is 1. The summed E-state index contributed by atoms with van der Waals surface area (Å²) in [6, 6.07) is 12.1. The Morgan fingerprint density at radius 3 is 2.71 bits per heavy atom. The highest BCUT2D eigenvalue weighted by Crippen LogP contribution is 2.38. The van der Waals surface area contributed by atoms with Crippen molar-refractivity contribution in [1.82, 2.24) is 9.88 Å². The van der Waals surface area contributed by atoms with Gasteiger partial charge in [-0.2, -0.15) is 0 Å². The van der Waals surface area contributed by atoms with Crippen molar-refractivity contribution in [3.63, 3.8) is 0 Å². The molecule has 1 aliphatic carbocycles. The Morgan fingerprint density at radius 1 is 1.11 bits per heavy atom. The average Bonchev–Trinajstić information content (AvgIpc) is 3.37. The second-order valence-corrected chi connectivity index (χ2v) is 9.83. The smallest absolute Gasteiger partial charge is 0.254 e. The molecule has 1 saturated heterocycles. The number of amides is 1. The standard InChI is InChI=1S/C22H20N2O2S2/c25-22(24-9-12-28(26)13-10-24)20-17-5-1-2-6-19(17)23-21-15(7-8-18(20)21)14-16-4-3-11-27-16/h1-6,11,14H,7-10,12-13H2/b15-14-. The predicted octanol–water partition coefficient (Wildman–Crippen LogP) is 3.99. The molecule has 3 aromatic rings. The Hall–Kier alpha value is -2.31. The summed E-state index contributed by atoms with van der Waals surface area (Å²) in [5, 5.41) is 3.00. The second-order valence-electron chi connectivity index (χ2n) is 7.16. The van der Waals surface area contributed by atoms with Crippen LogP contribution >= 0.6 is 11.3 Å². The average molecular weight is 409 g/mol. The third kappa shape index (κ3) is 3.10. The summed E-state index contributed by atoms with van der Waals surface area (Å²) in [5.41, 5.74) is 4.90. The quantitative estimate of drug-likeness (QED) is 0.644. The van der Waals surface area contributed by atoms with Crippen molar-refractivity contribution in [1.29, 1.82) is 0 Å². The molecule has 0 atom stereocenters. The highest BCUT2D eigenvalue weighted by Gasteiger charge is 2.30. The van der Waals surface area contributed by atoms with Crippen LogP contribution in [0.3, 0.4) is 0 Å². The molecule has 3 heterocycles. The number of allylic oxidation sites excluding steroid dienone is 1. The van der Waals surface area contributed by atoms with Crippen LogP contribution in [0.1, 0.15) is 32.9 Å².